The molecule has 0 saturated carbocycles. The maximum Gasteiger partial charge on any atom is 0.320 e. The van der Waals surface area contributed by atoms with Gasteiger partial charge in [-0.3, -0.25) is 9.59 Å². The molecule has 1 aromatic heterocycles. The van der Waals surface area contributed by atoms with Crippen molar-refractivity contribution in [2.24, 2.45) is 5.92 Å². The molecule has 23 heavy (non-hydrogen) atoms. The number of esters is 2. The van der Waals surface area contributed by atoms with E-state index in [0.29, 0.717) is 11.2 Å². The second kappa shape index (κ2) is 7.58. The molecule has 0 aliphatic carbocycles. The third-order valence-electron chi connectivity index (χ3n) is 3.31. The smallest absolute Gasteiger partial charge is 0.320 e. The van der Waals surface area contributed by atoms with Gasteiger partial charge in [0.2, 0.25) is 0 Å². The van der Waals surface area contributed by atoms with Crippen LogP contribution in [0.5, 0.6) is 5.75 Å². The van der Waals surface area contributed by atoms with Crippen LogP contribution in [0.15, 0.2) is 30.3 Å². The first-order chi connectivity index (χ1) is 11.1. The van der Waals surface area contributed by atoms with Crippen LogP contribution in [-0.2, 0) is 25.5 Å². The number of aromatic hydroxyl groups is 1. The second-order valence-electron chi connectivity index (χ2n) is 4.91. The number of hydrogen-bond acceptors (Lipinski definition) is 6. The standard InChI is InChI=1S/C17H19NO5/c1-3-22-16(20)13(17(21)23-4-2)10-12-9-8-11-6-5-7-14(19)15(11)18-12/h5-9,13,19H,3-4,10H2,1-2H3. The Morgan fingerprint density at radius 3 is 2.35 bits per heavy atom. The monoisotopic (exact) mass is 317 g/mol. The lowest BCUT2D eigenvalue weighted by molar-refractivity contribution is -0.161. The van der Waals surface area contributed by atoms with Crippen LogP contribution in [0.4, 0.5) is 0 Å². The molecule has 1 heterocycles. The molecule has 0 atom stereocenters. The van der Waals surface area contributed by atoms with Gasteiger partial charge in [-0.2, -0.15) is 0 Å². The Hall–Kier alpha value is -2.63. The predicted molar refractivity (Wildman–Crippen MR) is 83.9 cm³/mol. The average molecular weight is 317 g/mol. The Labute approximate surface area is 134 Å². The number of phenolic OH excluding ortho intramolecular Hbond substituents is 1. The van der Waals surface area contributed by atoms with Crippen LogP contribution in [0.1, 0.15) is 19.5 Å². The van der Waals surface area contributed by atoms with Gasteiger partial charge in [-0.05, 0) is 26.0 Å². The highest BCUT2D eigenvalue weighted by molar-refractivity contribution is 5.95. The maximum atomic E-state index is 12.0. The van der Waals surface area contributed by atoms with E-state index < -0.39 is 17.9 Å². The lowest BCUT2D eigenvalue weighted by atomic mass is 10.0. The summed E-state index contributed by atoms with van der Waals surface area (Å²) in [4.78, 5) is 28.3. The van der Waals surface area contributed by atoms with E-state index in [0.717, 1.165) is 5.39 Å². The van der Waals surface area contributed by atoms with Gasteiger partial charge in [-0.25, -0.2) is 4.98 Å². The molecule has 2 rings (SSSR count). The lowest BCUT2D eigenvalue weighted by Gasteiger charge is -2.14. The molecule has 0 amide bonds. The molecule has 0 radical (unpaired) electrons. The molecule has 0 saturated heterocycles. The van der Waals surface area contributed by atoms with Crippen molar-refractivity contribution < 1.29 is 24.2 Å². The number of aromatic nitrogens is 1. The topological polar surface area (TPSA) is 85.7 Å². The molecule has 0 spiro atoms. The van der Waals surface area contributed by atoms with Gasteiger partial charge < -0.3 is 14.6 Å². The molecule has 0 unspecified atom stereocenters. The summed E-state index contributed by atoms with van der Waals surface area (Å²) in [5.74, 6) is -2.28. The number of pyridine rings is 1. The van der Waals surface area contributed by atoms with E-state index in [1.165, 1.54) is 6.07 Å². The summed E-state index contributed by atoms with van der Waals surface area (Å²) >= 11 is 0. The Morgan fingerprint density at radius 2 is 1.74 bits per heavy atom. The summed E-state index contributed by atoms with van der Waals surface area (Å²) in [6.45, 7) is 3.71. The summed E-state index contributed by atoms with van der Waals surface area (Å²) < 4.78 is 9.88. The number of fused-ring (bicyclic) bond motifs is 1. The van der Waals surface area contributed by atoms with Gasteiger partial charge >= 0.3 is 11.9 Å². The van der Waals surface area contributed by atoms with Gasteiger partial charge in [0.15, 0.2) is 5.92 Å². The van der Waals surface area contributed by atoms with Crippen molar-refractivity contribution in [3.05, 3.63) is 36.0 Å². The number of para-hydroxylation sites is 1. The number of hydrogen-bond donors (Lipinski definition) is 1. The number of carbonyl (C=O) groups excluding carboxylic acids is 2. The molecular formula is C17H19NO5. The van der Waals surface area contributed by atoms with Crippen molar-refractivity contribution in [1.29, 1.82) is 0 Å². The zero-order chi connectivity index (χ0) is 16.8. The van der Waals surface area contributed by atoms with Crippen molar-refractivity contribution in [3.63, 3.8) is 0 Å². The van der Waals surface area contributed by atoms with Crippen molar-refractivity contribution in [2.45, 2.75) is 20.3 Å². The SMILES string of the molecule is CCOC(=O)C(Cc1ccc2cccc(O)c2n1)C(=O)OCC. The quantitative estimate of drug-likeness (QED) is 0.649. The van der Waals surface area contributed by atoms with Crippen molar-refractivity contribution >= 4 is 22.8 Å². The van der Waals surface area contributed by atoms with Gasteiger partial charge in [0, 0.05) is 17.5 Å². The van der Waals surface area contributed by atoms with E-state index in [9.17, 15) is 14.7 Å². The van der Waals surface area contributed by atoms with E-state index in [2.05, 4.69) is 4.98 Å². The van der Waals surface area contributed by atoms with Gasteiger partial charge in [0.1, 0.15) is 11.3 Å². The summed E-state index contributed by atoms with van der Waals surface area (Å²) in [5.41, 5.74) is 0.932. The van der Waals surface area contributed by atoms with Crippen molar-refractivity contribution in [1.82, 2.24) is 4.98 Å². The molecule has 122 valence electrons. The molecule has 2 aromatic rings. The highest BCUT2D eigenvalue weighted by Crippen LogP contribution is 2.23. The van der Waals surface area contributed by atoms with Crippen LogP contribution in [0.3, 0.4) is 0 Å². The highest BCUT2D eigenvalue weighted by Gasteiger charge is 2.30. The van der Waals surface area contributed by atoms with Crippen LogP contribution < -0.4 is 0 Å². The third-order valence-corrected chi connectivity index (χ3v) is 3.31. The van der Waals surface area contributed by atoms with Crippen LogP contribution in [0.25, 0.3) is 10.9 Å². The number of nitrogens with zero attached hydrogens (tertiary/aromatic N) is 1. The molecule has 1 N–H and O–H groups in total. The number of rotatable bonds is 6. The lowest BCUT2D eigenvalue weighted by Crippen LogP contribution is -2.30. The molecule has 0 bridgehead atoms. The fraction of sp³-hybridized carbons (Fsp3) is 0.353. The number of carbonyl (C=O) groups is 2. The van der Waals surface area contributed by atoms with Crippen LogP contribution in [0.2, 0.25) is 0 Å². The minimum atomic E-state index is -1.06. The summed E-state index contributed by atoms with van der Waals surface area (Å²) in [6.07, 6.45) is 0.0575. The van der Waals surface area contributed by atoms with Gasteiger partial charge in [-0.15, -0.1) is 0 Å². The normalized spacial score (nSPS) is 10.7. The Balaban J connectivity index is 2.29. The predicted octanol–water partition coefficient (Wildman–Crippen LogP) is 2.23. The molecule has 0 aliphatic rings. The Bertz CT molecular complexity index is 695. The minimum Gasteiger partial charge on any atom is -0.506 e. The second-order valence-corrected chi connectivity index (χ2v) is 4.91. The van der Waals surface area contributed by atoms with Gasteiger partial charge in [-0.1, -0.05) is 18.2 Å². The first kappa shape index (κ1) is 16.7. The zero-order valence-electron chi connectivity index (χ0n) is 13.1. The fourth-order valence-electron chi connectivity index (χ4n) is 2.24. The van der Waals surface area contributed by atoms with E-state index in [1.807, 2.05) is 6.07 Å². The van der Waals surface area contributed by atoms with Crippen LogP contribution >= 0.6 is 0 Å². The first-order valence-corrected chi connectivity index (χ1v) is 7.47. The average Bonchev–Trinajstić information content (AvgIpc) is 2.53. The van der Waals surface area contributed by atoms with E-state index in [-0.39, 0.29) is 25.4 Å². The number of benzene rings is 1. The molecule has 1 aromatic carbocycles. The molecule has 6 nitrogen and oxygen atoms in total. The molecule has 6 heteroatoms. The van der Waals surface area contributed by atoms with E-state index in [1.54, 1.807) is 32.0 Å². The van der Waals surface area contributed by atoms with Gasteiger partial charge in [0.05, 0.1) is 13.2 Å². The molecule has 0 fully saturated rings. The first-order valence-electron chi connectivity index (χ1n) is 7.47. The summed E-state index contributed by atoms with van der Waals surface area (Å²) in [5, 5.41) is 10.6. The Kier molecular flexibility index (Phi) is 5.51. The number of ether oxygens (including phenoxy) is 2. The Morgan fingerprint density at radius 1 is 1.09 bits per heavy atom. The van der Waals surface area contributed by atoms with E-state index in [4.69, 9.17) is 9.47 Å². The van der Waals surface area contributed by atoms with E-state index >= 15 is 0 Å². The van der Waals surface area contributed by atoms with Gasteiger partial charge in [0.25, 0.3) is 0 Å². The van der Waals surface area contributed by atoms with Crippen LogP contribution in [-0.4, -0.2) is 35.2 Å². The fourth-order valence-corrected chi connectivity index (χ4v) is 2.24. The minimum absolute atomic E-state index is 0.0492. The van der Waals surface area contributed by atoms with Crippen molar-refractivity contribution in [3.8, 4) is 5.75 Å². The third kappa shape index (κ3) is 3.97. The number of phenols is 1. The van der Waals surface area contributed by atoms with Crippen molar-refractivity contribution in [2.75, 3.05) is 13.2 Å². The summed E-state index contributed by atoms with van der Waals surface area (Å²) in [7, 11) is 0. The largest absolute Gasteiger partial charge is 0.506 e. The molecule has 0 aliphatic heterocycles. The summed E-state index contributed by atoms with van der Waals surface area (Å²) in [6, 6.07) is 8.57. The highest BCUT2D eigenvalue weighted by atomic mass is 16.6. The maximum absolute atomic E-state index is 12.0. The zero-order valence-corrected chi connectivity index (χ0v) is 13.1. The van der Waals surface area contributed by atoms with Crippen LogP contribution in [0, 0.1) is 5.92 Å². The molecular weight excluding hydrogens is 298 g/mol.